The molecule has 6 heteroatoms. The van der Waals surface area contributed by atoms with Crippen molar-refractivity contribution in [2.75, 3.05) is 7.05 Å². The van der Waals surface area contributed by atoms with Crippen LogP contribution in [0.4, 0.5) is 0 Å². The largest absolute Gasteiger partial charge is 0.487 e. The second kappa shape index (κ2) is 5.95. The van der Waals surface area contributed by atoms with Crippen molar-refractivity contribution in [2.45, 2.75) is 13.2 Å². The number of hydrogen-bond acceptors (Lipinski definition) is 5. The van der Waals surface area contributed by atoms with Gasteiger partial charge >= 0.3 is 0 Å². The molecule has 0 aliphatic carbocycles. The van der Waals surface area contributed by atoms with Crippen LogP contribution in [0.25, 0.3) is 0 Å². The lowest BCUT2D eigenvalue weighted by Gasteiger charge is -2.05. The van der Waals surface area contributed by atoms with E-state index in [-0.39, 0.29) is 0 Å². The summed E-state index contributed by atoms with van der Waals surface area (Å²) in [6, 6.07) is 7.90. The summed E-state index contributed by atoms with van der Waals surface area (Å²) in [6.07, 6.45) is 0. The van der Waals surface area contributed by atoms with E-state index in [4.69, 9.17) is 16.3 Å². The molecular formula is C11H12ClN3OS. The fourth-order valence-electron chi connectivity index (χ4n) is 1.34. The Labute approximate surface area is 109 Å². The number of nitrogens with one attached hydrogen (secondary N) is 1. The third kappa shape index (κ3) is 3.39. The molecule has 90 valence electrons. The first-order chi connectivity index (χ1) is 8.29. The molecule has 0 spiro atoms. The summed E-state index contributed by atoms with van der Waals surface area (Å²) in [5.74, 6) is 0.800. The molecule has 0 aliphatic heterocycles. The minimum Gasteiger partial charge on any atom is -0.487 e. The van der Waals surface area contributed by atoms with Crippen LogP contribution in [0, 0.1) is 0 Å². The Kier molecular flexibility index (Phi) is 4.30. The average molecular weight is 270 g/mol. The van der Waals surface area contributed by atoms with Crippen molar-refractivity contribution >= 4 is 23.1 Å². The first-order valence-electron chi connectivity index (χ1n) is 5.12. The Morgan fingerprint density at radius 1 is 1.35 bits per heavy atom. The molecule has 4 nitrogen and oxygen atoms in total. The van der Waals surface area contributed by atoms with Crippen LogP contribution in [0.1, 0.15) is 11.3 Å². The van der Waals surface area contributed by atoms with Gasteiger partial charge in [-0.2, -0.15) is 0 Å². The minimum absolute atomic E-state index is 0.348. The highest BCUT2D eigenvalue weighted by Gasteiger charge is 2.05. The van der Waals surface area contributed by atoms with Gasteiger partial charge in [-0.15, -0.1) is 5.10 Å². The first-order valence-corrected chi connectivity index (χ1v) is 6.28. The summed E-state index contributed by atoms with van der Waals surface area (Å²) in [7, 11) is 1.92. The molecule has 0 aliphatic rings. The van der Waals surface area contributed by atoms with Crippen molar-refractivity contribution in [3.05, 3.63) is 39.9 Å². The molecule has 0 saturated carbocycles. The van der Waals surface area contributed by atoms with E-state index in [2.05, 4.69) is 14.9 Å². The van der Waals surface area contributed by atoms with Crippen LogP contribution in [-0.4, -0.2) is 16.6 Å². The smallest absolute Gasteiger partial charge is 0.141 e. The van der Waals surface area contributed by atoms with E-state index in [1.807, 2.05) is 31.3 Å². The summed E-state index contributed by atoms with van der Waals surface area (Å²) in [5, 5.41) is 6.97. The molecule has 1 heterocycles. The molecule has 0 bridgehead atoms. The average Bonchev–Trinajstić information content (AvgIpc) is 2.75. The maximum Gasteiger partial charge on any atom is 0.141 e. The minimum atomic E-state index is 0.348. The Morgan fingerprint density at radius 3 is 2.71 bits per heavy atom. The Balaban J connectivity index is 1.93. The van der Waals surface area contributed by atoms with E-state index in [0.29, 0.717) is 16.6 Å². The van der Waals surface area contributed by atoms with Gasteiger partial charge in [-0.05, 0) is 24.7 Å². The van der Waals surface area contributed by atoms with E-state index in [1.165, 1.54) is 5.56 Å². The van der Waals surface area contributed by atoms with Crippen molar-refractivity contribution in [2.24, 2.45) is 0 Å². The Hall–Kier alpha value is -1.17. The highest BCUT2D eigenvalue weighted by Crippen LogP contribution is 2.20. The topological polar surface area (TPSA) is 47.0 Å². The first kappa shape index (κ1) is 12.3. The number of benzene rings is 1. The van der Waals surface area contributed by atoms with Gasteiger partial charge in [0.25, 0.3) is 0 Å². The molecule has 0 fully saturated rings. The van der Waals surface area contributed by atoms with Crippen LogP contribution in [0.2, 0.25) is 4.34 Å². The molecule has 0 saturated heterocycles. The highest BCUT2D eigenvalue weighted by atomic mass is 35.5. The lowest BCUT2D eigenvalue weighted by Crippen LogP contribution is -2.04. The van der Waals surface area contributed by atoms with Gasteiger partial charge in [0.2, 0.25) is 0 Å². The third-order valence-electron chi connectivity index (χ3n) is 2.19. The van der Waals surface area contributed by atoms with Gasteiger partial charge < -0.3 is 10.1 Å². The number of aromatic nitrogens is 2. The van der Waals surface area contributed by atoms with Crippen LogP contribution < -0.4 is 10.1 Å². The number of halogens is 1. The second-order valence-corrected chi connectivity index (χ2v) is 4.81. The molecular weight excluding hydrogens is 258 g/mol. The van der Waals surface area contributed by atoms with Crippen molar-refractivity contribution in [3.63, 3.8) is 0 Å². The molecule has 2 rings (SSSR count). The quantitative estimate of drug-likeness (QED) is 0.906. The van der Waals surface area contributed by atoms with E-state index in [1.54, 1.807) is 0 Å². The standard InChI is InChI=1S/C11H12ClN3OS/c1-13-6-8-2-4-9(5-3-8)16-7-10-11(12)17-15-14-10/h2-5,13H,6-7H2,1H3. The van der Waals surface area contributed by atoms with Crippen LogP contribution in [0.5, 0.6) is 5.75 Å². The van der Waals surface area contributed by atoms with E-state index in [0.717, 1.165) is 23.8 Å². The van der Waals surface area contributed by atoms with Crippen molar-refractivity contribution in [1.29, 1.82) is 0 Å². The second-order valence-electron chi connectivity index (χ2n) is 3.46. The maximum absolute atomic E-state index is 5.88. The third-order valence-corrected chi connectivity index (χ3v) is 3.17. The van der Waals surface area contributed by atoms with Gasteiger partial charge in [0.1, 0.15) is 22.4 Å². The van der Waals surface area contributed by atoms with Crippen LogP contribution in [0.3, 0.4) is 0 Å². The molecule has 0 unspecified atom stereocenters. The SMILES string of the molecule is CNCc1ccc(OCc2nnsc2Cl)cc1. The Morgan fingerprint density at radius 2 is 2.12 bits per heavy atom. The fraction of sp³-hybridized carbons (Fsp3) is 0.273. The number of ether oxygens (including phenoxy) is 1. The van der Waals surface area contributed by atoms with Gasteiger partial charge in [-0.3, -0.25) is 0 Å². The van der Waals surface area contributed by atoms with Crippen LogP contribution in [-0.2, 0) is 13.2 Å². The number of rotatable bonds is 5. The monoisotopic (exact) mass is 269 g/mol. The van der Waals surface area contributed by atoms with Gasteiger partial charge in [-0.25, -0.2) is 0 Å². The zero-order chi connectivity index (χ0) is 12.1. The maximum atomic E-state index is 5.88. The van der Waals surface area contributed by atoms with Gasteiger partial charge in [-0.1, -0.05) is 28.2 Å². The summed E-state index contributed by atoms with van der Waals surface area (Å²) in [6.45, 7) is 1.20. The molecule has 0 radical (unpaired) electrons. The number of hydrogen-bond donors (Lipinski definition) is 1. The van der Waals surface area contributed by atoms with E-state index < -0.39 is 0 Å². The van der Waals surface area contributed by atoms with Crippen LogP contribution in [0.15, 0.2) is 24.3 Å². The summed E-state index contributed by atoms with van der Waals surface area (Å²) in [4.78, 5) is 0. The molecule has 1 N–H and O–H groups in total. The zero-order valence-corrected chi connectivity index (χ0v) is 10.9. The molecule has 0 atom stereocenters. The van der Waals surface area contributed by atoms with E-state index >= 15 is 0 Å². The predicted octanol–water partition coefficient (Wildman–Crippen LogP) is 2.49. The fourth-order valence-corrected chi connectivity index (χ4v) is 1.94. The predicted molar refractivity (Wildman–Crippen MR) is 68.5 cm³/mol. The molecule has 0 amide bonds. The Bertz CT molecular complexity index is 472. The summed E-state index contributed by atoms with van der Waals surface area (Å²) < 4.78 is 9.89. The van der Waals surface area contributed by atoms with E-state index in [9.17, 15) is 0 Å². The van der Waals surface area contributed by atoms with Gasteiger partial charge in [0, 0.05) is 18.1 Å². The van der Waals surface area contributed by atoms with Crippen molar-refractivity contribution < 1.29 is 4.74 Å². The molecule has 17 heavy (non-hydrogen) atoms. The van der Waals surface area contributed by atoms with Gasteiger partial charge in [0.15, 0.2) is 0 Å². The van der Waals surface area contributed by atoms with Crippen molar-refractivity contribution in [1.82, 2.24) is 14.9 Å². The molecule has 1 aromatic heterocycles. The summed E-state index contributed by atoms with van der Waals surface area (Å²) in [5.41, 5.74) is 1.89. The summed E-state index contributed by atoms with van der Waals surface area (Å²) >= 11 is 7.04. The molecule has 2 aromatic rings. The van der Waals surface area contributed by atoms with Crippen molar-refractivity contribution in [3.8, 4) is 5.75 Å². The lowest BCUT2D eigenvalue weighted by molar-refractivity contribution is 0.301. The lowest BCUT2D eigenvalue weighted by atomic mass is 10.2. The molecule has 1 aromatic carbocycles. The normalized spacial score (nSPS) is 10.5. The van der Waals surface area contributed by atoms with Crippen LogP contribution >= 0.6 is 23.1 Å². The highest BCUT2D eigenvalue weighted by molar-refractivity contribution is 7.10. The number of nitrogens with zero attached hydrogens (tertiary/aromatic N) is 2. The van der Waals surface area contributed by atoms with Gasteiger partial charge in [0.05, 0.1) is 0 Å². The zero-order valence-electron chi connectivity index (χ0n) is 9.31.